The molecule has 0 radical (unpaired) electrons. The van der Waals surface area contributed by atoms with E-state index in [-0.39, 0.29) is 18.2 Å². The molecular formula is C28H30N2O4. The van der Waals surface area contributed by atoms with Gasteiger partial charge in [0.15, 0.2) is 11.5 Å². The van der Waals surface area contributed by atoms with Crippen LogP contribution in [0.25, 0.3) is 0 Å². The molecule has 0 unspecified atom stereocenters. The summed E-state index contributed by atoms with van der Waals surface area (Å²) in [6.07, 6.45) is 1.28. The highest BCUT2D eigenvalue weighted by atomic mass is 16.6. The maximum atomic E-state index is 13.6. The molecule has 6 nitrogen and oxygen atoms in total. The molecule has 6 heteroatoms. The summed E-state index contributed by atoms with van der Waals surface area (Å²) in [4.78, 5) is 28.2. The summed E-state index contributed by atoms with van der Waals surface area (Å²) < 4.78 is 11.3. The van der Waals surface area contributed by atoms with Crippen molar-refractivity contribution in [2.75, 3.05) is 20.3 Å². The lowest BCUT2D eigenvalue weighted by Crippen LogP contribution is -2.49. The molecule has 0 spiro atoms. The molecule has 0 fully saturated rings. The van der Waals surface area contributed by atoms with Crippen LogP contribution in [0.3, 0.4) is 0 Å². The first-order valence-electron chi connectivity index (χ1n) is 11.6. The van der Waals surface area contributed by atoms with Gasteiger partial charge >= 0.3 is 0 Å². The monoisotopic (exact) mass is 458 g/mol. The first-order valence-corrected chi connectivity index (χ1v) is 11.6. The minimum atomic E-state index is -0.611. The molecule has 176 valence electrons. The Labute approximate surface area is 200 Å². The molecule has 0 saturated carbocycles. The number of nitrogens with zero attached hydrogens (tertiary/aromatic N) is 1. The zero-order valence-corrected chi connectivity index (χ0v) is 19.4. The maximum absolute atomic E-state index is 13.6. The molecule has 1 N–H and O–H groups in total. The number of carbonyl (C=O) groups is 2. The van der Waals surface area contributed by atoms with E-state index in [2.05, 4.69) is 5.32 Å². The van der Waals surface area contributed by atoms with Crippen molar-refractivity contribution in [1.82, 2.24) is 10.2 Å². The number of fused-ring (bicyclic) bond motifs is 1. The predicted octanol–water partition coefficient (Wildman–Crippen LogP) is 3.78. The van der Waals surface area contributed by atoms with Crippen LogP contribution in [0.2, 0.25) is 0 Å². The Kier molecular flexibility index (Phi) is 7.81. The molecule has 3 aromatic carbocycles. The Hall–Kier alpha value is -3.80. The van der Waals surface area contributed by atoms with Gasteiger partial charge < -0.3 is 19.7 Å². The Balaban J connectivity index is 1.54. The summed E-state index contributed by atoms with van der Waals surface area (Å²) in [5.41, 5.74) is 2.99. The lowest BCUT2D eigenvalue weighted by atomic mass is 10.0. The van der Waals surface area contributed by atoms with Crippen molar-refractivity contribution in [3.05, 3.63) is 95.6 Å². The van der Waals surface area contributed by atoms with Gasteiger partial charge in [-0.25, -0.2) is 0 Å². The molecule has 1 atom stereocenters. The van der Waals surface area contributed by atoms with Crippen molar-refractivity contribution in [3.63, 3.8) is 0 Å². The van der Waals surface area contributed by atoms with Crippen molar-refractivity contribution in [3.8, 4) is 11.5 Å². The van der Waals surface area contributed by atoms with Gasteiger partial charge in [0.1, 0.15) is 19.3 Å². The highest BCUT2D eigenvalue weighted by Crippen LogP contribution is 2.31. The predicted molar refractivity (Wildman–Crippen MR) is 131 cm³/mol. The van der Waals surface area contributed by atoms with E-state index < -0.39 is 6.04 Å². The minimum Gasteiger partial charge on any atom is -0.486 e. The Morgan fingerprint density at radius 2 is 1.50 bits per heavy atom. The molecule has 0 aliphatic carbocycles. The molecule has 34 heavy (non-hydrogen) atoms. The molecule has 0 aromatic heterocycles. The highest BCUT2D eigenvalue weighted by molar-refractivity contribution is 5.88. The first kappa shape index (κ1) is 23.4. The number of hydrogen-bond donors (Lipinski definition) is 1. The van der Waals surface area contributed by atoms with Crippen LogP contribution in [-0.2, 0) is 29.0 Å². The Morgan fingerprint density at radius 3 is 2.18 bits per heavy atom. The second-order valence-electron chi connectivity index (χ2n) is 8.31. The van der Waals surface area contributed by atoms with E-state index in [9.17, 15) is 9.59 Å². The number of likely N-dealkylation sites (N-methyl/N-ethyl adjacent to an activating group) is 1. The van der Waals surface area contributed by atoms with E-state index in [4.69, 9.17) is 9.47 Å². The van der Waals surface area contributed by atoms with Gasteiger partial charge in [0.25, 0.3) is 0 Å². The van der Waals surface area contributed by atoms with E-state index in [0.717, 1.165) is 22.4 Å². The number of benzene rings is 3. The van der Waals surface area contributed by atoms with E-state index >= 15 is 0 Å². The summed E-state index contributed by atoms with van der Waals surface area (Å²) in [7, 11) is 1.61. The summed E-state index contributed by atoms with van der Waals surface area (Å²) >= 11 is 0. The van der Waals surface area contributed by atoms with Gasteiger partial charge in [0.05, 0.1) is 0 Å². The van der Waals surface area contributed by atoms with E-state index in [1.807, 2.05) is 78.9 Å². The quantitative estimate of drug-likeness (QED) is 0.530. The van der Waals surface area contributed by atoms with E-state index in [1.165, 1.54) is 0 Å². The standard InChI is InChI=1S/C28H30N2O4/c1-29-28(32)24(18-21-8-4-2-5-9-21)30(20-23-10-6-3-7-11-23)27(31)15-13-22-12-14-25-26(19-22)34-17-16-33-25/h2-12,14,19,24H,13,15-18,20H2,1H3,(H,29,32)/t24-/m1/s1. The molecule has 2 amide bonds. The lowest BCUT2D eigenvalue weighted by Gasteiger charge is -2.31. The summed E-state index contributed by atoms with van der Waals surface area (Å²) in [5.74, 6) is 1.20. The fourth-order valence-corrected chi connectivity index (χ4v) is 4.14. The van der Waals surface area contributed by atoms with Gasteiger partial charge in [-0.1, -0.05) is 66.7 Å². The smallest absolute Gasteiger partial charge is 0.242 e. The van der Waals surface area contributed by atoms with Crippen molar-refractivity contribution < 1.29 is 19.1 Å². The number of rotatable bonds is 9. The zero-order valence-electron chi connectivity index (χ0n) is 19.4. The third kappa shape index (κ3) is 5.95. The van der Waals surface area contributed by atoms with Crippen LogP contribution in [0.4, 0.5) is 0 Å². The molecule has 3 aromatic rings. The number of ether oxygens (including phenoxy) is 2. The van der Waals surface area contributed by atoms with Crippen LogP contribution < -0.4 is 14.8 Å². The molecule has 1 aliphatic heterocycles. The van der Waals surface area contributed by atoms with Crippen LogP contribution in [0.15, 0.2) is 78.9 Å². The van der Waals surface area contributed by atoms with E-state index in [0.29, 0.717) is 38.3 Å². The minimum absolute atomic E-state index is 0.0664. The average molecular weight is 459 g/mol. The Bertz CT molecular complexity index is 1100. The number of aryl methyl sites for hydroxylation is 1. The molecular weight excluding hydrogens is 428 g/mol. The first-order chi connectivity index (χ1) is 16.6. The topological polar surface area (TPSA) is 67.9 Å². The second-order valence-corrected chi connectivity index (χ2v) is 8.31. The van der Waals surface area contributed by atoms with Gasteiger partial charge in [0.2, 0.25) is 11.8 Å². The normalized spacial score (nSPS) is 13.1. The van der Waals surface area contributed by atoms with Crippen LogP contribution in [0, 0.1) is 0 Å². The molecule has 0 bridgehead atoms. The zero-order chi connectivity index (χ0) is 23.8. The number of nitrogens with one attached hydrogen (secondary N) is 1. The van der Waals surface area contributed by atoms with Gasteiger partial charge in [-0.3, -0.25) is 9.59 Å². The molecule has 0 saturated heterocycles. The van der Waals surface area contributed by atoms with Crippen LogP contribution in [0.5, 0.6) is 11.5 Å². The number of hydrogen-bond acceptors (Lipinski definition) is 4. The largest absolute Gasteiger partial charge is 0.486 e. The molecule has 1 heterocycles. The number of carbonyl (C=O) groups excluding carboxylic acids is 2. The summed E-state index contributed by atoms with van der Waals surface area (Å²) in [6, 6.07) is 24.8. The van der Waals surface area contributed by atoms with E-state index in [1.54, 1.807) is 11.9 Å². The van der Waals surface area contributed by atoms with Crippen LogP contribution >= 0.6 is 0 Å². The SMILES string of the molecule is CNC(=O)[C@@H](Cc1ccccc1)N(Cc1ccccc1)C(=O)CCc1ccc2c(c1)OCCO2. The van der Waals surface area contributed by atoms with Crippen molar-refractivity contribution in [2.45, 2.75) is 31.8 Å². The summed E-state index contributed by atoms with van der Waals surface area (Å²) in [5, 5.41) is 2.75. The van der Waals surface area contributed by atoms with Gasteiger partial charge in [-0.15, -0.1) is 0 Å². The van der Waals surface area contributed by atoms with Crippen molar-refractivity contribution in [2.24, 2.45) is 0 Å². The number of amides is 2. The van der Waals surface area contributed by atoms with Gasteiger partial charge in [0, 0.05) is 26.4 Å². The average Bonchev–Trinajstić information content (AvgIpc) is 2.90. The maximum Gasteiger partial charge on any atom is 0.242 e. The summed E-state index contributed by atoms with van der Waals surface area (Å²) in [6.45, 7) is 1.43. The fourth-order valence-electron chi connectivity index (χ4n) is 4.14. The highest BCUT2D eigenvalue weighted by Gasteiger charge is 2.29. The molecule has 4 rings (SSSR count). The van der Waals surface area contributed by atoms with Crippen LogP contribution in [-0.4, -0.2) is 43.0 Å². The molecule has 1 aliphatic rings. The third-order valence-corrected chi connectivity index (χ3v) is 5.95. The van der Waals surface area contributed by atoms with Gasteiger partial charge in [-0.05, 0) is 35.2 Å². The Morgan fingerprint density at radius 1 is 0.853 bits per heavy atom. The van der Waals surface area contributed by atoms with Crippen molar-refractivity contribution in [1.29, 1.82) is 0 Å². The van der Waals surface area contributed by atoms with Gasteiger partial charge in [-0.2, -0.15) is 0 Å². The third-order valence-electron chi connectivity index (χ3n) is 5.95. The van der Waals surface area contributed by atoms with Crippen LogP contribution in [0.1, 0.15) is 23.1 Å². The second kappa shape index (κ2) is 11.4. The lowest BCUT2D eigenvalue weighted by molar-refractivity contribution is -0.141. The fraction of sp³-hybridized carbons (Fsp3) is 0.286. The van der Waals surface area contributed by atoms with Crippen molar-refractivity contribution >= 4 is 11.8 Å².